The predicted octanol–water partition coefficient (Wildman–Crippen LogP) is 1.95. The number of oxazole rings is 1. The molecule has 1 heterocycles. The highest BCUT2D eigenvalue weighted by atomic mass is 16.4. The van der Waals surface area contributed by atoms with Crippen LogP contribution in [-0.4, -0.2) is 10.8 Å². The molecule has 0 saturated carbocycles. The molecule has 0 aliphatic carbocycles. The Hall–Kier alpha value is -1.32. The van der Waals surface area contributed by atoms with Crippen LogP contribution in [0.25, 0.3) is 0 Å². The maximum atomic E-state index is 5.66. The number of hydrogen-bond donors (Lipinski definition) is 1. The lowest BCUT2D eigenvalue weighted by molar-refractivity contribution is 0.473. The van der Waals surface area contributed by atoms with Crippen LogP contribution in [0.5, 0.6) is 0 Å². The topological polar surface area (TPSA) is 64.4 Å². The highest BCUT2D eigenvalue weighted by Crippen LogP contribution is 2.08. The molecule has 4 nitrogen and oxygen atoms in total. The smallest absolute Gasteiger partial charge is 0.216 e. The van der Waals surface area contributed by atoms with Gasteiger partial charge in [0.15, 0.2) is 0 Å². The first-order valence-corrected chi connectivity index (χ1v) is 4.85. The van der Waals surface area contributed by atoms with E-state index >= 15 is 0 Å². The zero-order chi connectivity index (χ0) is 10.6. The van der Waals surface area contributed by atoms with Crippen molar-refractivity contribution in [2.24, 2.45) is 10.7 Å². The standard InChI is InChI=1S/C10H17N3O/c1-4-5-9(11)12-6-10-13-7(2)8(3)14-10/h4-6H2,1-3H3,(H2,11,12). The summed E-state index contributed by atoms with van der Waals surface area (Å²) < 4.78 is 5.37. The Morgan fingerprint density at radius 1 is 1.50 bits per heavy atom. The first-order chi connectivity index (χ1) is 6.63. The van der Waals surface area contributed by atoms with Crippen LogP contribution in [-0.2, 0) is 6.54 Å². The third kappa shape index (κ3) is 2.87. The Balaban J connectivity index is 2.57. The number of amidine groups is 1. The van der Waals surface area contributed by atoms with Gasteiger partial charge in [-0.2, -0.15) is 0 Å². The summed E-state index contributed by atoms with van der Waals surface area (Å²) in [6.07, 6.45) is 1.84. The molecule has 0 atom stereocenters. The van der Waals surface area contributed by atoms with E-state index in [4.69, 9.17) is 10.2 Å². The molecular weight excluding hydrogens is 178 g/mol. The molecule has 0 bridgehead atoms. The number of aliphatic imine (C=N–C) groups is 1. The van der Waals surface area contributed by atoms with Gasteiger partial charge in [-0.3, -0.25) is 4.99 Å². The number of aromatic nitrogens is 1. The Kier molecular flexibility index (Phi) is 3.68. The minimum Gasteiger partial charge on any atom is -0.444 e. The fraction of sp³-hybridized carbons (Fsp3) is 0.600. The molecule has 0 aliphatic heterocycles. The van der Waals surface area contributed by atoms with Crippen LogP contribution in [0, 0.1) is 13.8 Å². The first-order valence-electron chi connectivity index (χ1n) is 4.85. The van der Waals surface area contributed by atoms with E-state index in [-0.39, 0.29) is 0 Å². The third-order valence-corrected chi connectivity index (χ3v) is 2.00. The quantitative estimate of drug-likeness (QED) is 0.590. The number of hydrogen-bond acceptors (Lipinski definition) is 3. The van der Waals surface area contributed by atoms with Gasteiger partial charge in [0.1, 0.15) is 12.3 Å². The van der Waals surface area contributed by atoms with E-state index in [2.05, 4.69) is 16.9 Å². The molecule has 0 amide bonds. The van der Waals surface area contributed by atoms with Gasteiger partial charge in [0.05, 0.1) is 11.5 Å². The summed E-state index contributed by atoms with van der Waals surface area (Å²) in [5.41, 5.74) is 6.58. The van der Waals surface area contributed by atoms with Crippen LogP contribution >= 0.6 is 0 Å². The lowest BCUT2D eigenvalue weighted by atomic mass is 10.3. The highest BCUT2D eigenvalue weighted by Gasteiger charge is 2.03. The Morgan fingerprint density at radius 3 is 2.71 bits per heavy atom. The van der Waals surface area contributed by atoms with E-state index in [1.54, 1.807) is 0 Å². The van der Waals surface area contributed by atoms with Crippen LogP contribution in [0.15, 0.2) is 9.41 Å². The number of nitrogens with two attached hydrogens (primary N) is 1. The van der Waals surface area contributed by atoms with Gasteiger partial charge in [0.25, 0.3) is 0 Å². The molecule has 78 valence electrons. The van der Waals surface area contributed by atoms with Gasteiger partial charge in [-0.1, -0.05) is 6.92 Å². The molecule has 0 aromatic carbocycles. The van der Waals surface area contributed by atoms with E-state index < -0.39 is 0 Å². The summed E-state index contributed by atoms with van der Waals surface area (Å²) in [4.78, 5) is 8.39. The summed E-state index contributed by atoms with van der Waals surface area (Å²) in [6, 6.07) is 0. The Labute approximate surface area is 84.2 Å². The molecule has 0 saturated heterocycles. The highest BCUT2D eigenvalue weighted by molar-refractivity contribution is 5.80. The number of aryl methyl sites for hydroxylation is 2. The van der Waals surface area contributed by atoms with Crippen molar-refractivity contribution in [3.63, 3.8) is 0 Å². The molecule has 1 aromatic rings. The van der Waals surface area contributed by atoms with Crippen molar-refractivity contribution in [2.45, 2.75) is 40.2 Å². The molecular formula is C10H17N3O. The van der Waals surface area contributed by atoms with E-state index in [1.165, 1.54) is 0 Å². The summed E-state index contributed by atoms with van der Waals surface area (Å²) in [6.45, 7) is 6.33. The molecule has 0 radical (unpaired) electrons. The van der Waals surface area contributed by atoms with Gasteiger partial charge < -0.3 is 10.2 Å². The zero-order valence-electron chi connectivity index (χ0n) is 9.00. The van der Waals surface area contributed by atoms with Gasteiger partial charge in [-0.15, -0.1) is 0 Å². The molecule has 2 N–H and O–H groups in total. The van der Waals surface area contributed by atoms with Crippen LogP contribution in [0.2, 0.25) is 0 Å². The van der Waals surface area contributed by atoms with Crippen molar-refractivity contribution in [2.75, 3.05) is 0 Å². The predicted molar refractivity (Wildman–Crippen MR) is 56.2 cm³/mol. The van der Waals surface area contributed by atoms with Gasteiger partial charge in [0.2, 0.25) is 5.89 Å². The van der Waals surface area contributed by atoms with E-state index in [0.29, 0.717) is 18.3 Å². The molecule has 1 rings (SSSR count). The number of nitrogens with zero attached hydrogens (tertiary/aromatic N) is 2. The van der Waals surface area contributed by atoms with E-state index in [0.717, 1.165) is 24.3 Å². The van der Waals surface area contributed by atoms with Crippen LogP contribution in [0.1, 0.15) is 37.1 Å². The second-order valence-electron chi connectivity index (χ2n) is 3.31. The zero-order valence-corrected chi connectivity index (χ0v) is 9.00. The largest absolute Gasteiger partial charge is 0.444 e. The molecule has 0 fully saturated rings. The van der Waals surface area contributed by atoms with E-state index in [1.807, 2.05) is 13.8 Å². The second kappa shape index (κ2) is 4.79. The fourth-order valence-electron chi connectivity index (χ4n) is 1.11. The average molecular weight is 195 g/mol. The maximum Gasteiger partial charge on any atom is 0.216 e. The molecule has 0 aliphatic rings. The number of rotatable bonds is 4. The summed E-state index contributed by atoms with van der Waals surface area (Å²) in [5, 5.41) is 0. The van der Waals surface area contributed by atoms with Crippen molar-refractivity contribution < 1.29 is 4.42 Å². The third-order valence-electron chi connectivity index (χ3n) is 2.00. The summed E-state index contributed by atoms with van der Waals surface area (Å²) in [5.74, 6) is 2.16. The summed E-state index contributed by atoms with van der Waals surface area (Å²) in [7, 11) is 0. The first kappa shape index (κ1) is 10.8. The Bertz CT molecular complexity index is 309. The van der Waals surface area contributed by atoms with Gasteiger partial charge in [0, 0.05) is 6.42 Å². The van der Waals surface area contributed by atoms with Gasteiger partial charge in [-0.05, 0) is 20.3 Å². The maximum absolute atomic E-state index is 5.66. The fourth-order valence-corrected chi connectivity index (χ4v) is 1.11. The molecule has 1 aromatic heterocycles. The van der Waals surface area contributed by atoms with Crippen molar-refractivity contribution >= 4 is 5.84 Å². The van der Waals surface area contributed by atoms with Crippen LogP contribution in [0.4, 0.5) is 0 Å². The molecule has 0 unspecified atom stereocenters. The minimum absolute atomic E-state index is 0.445. The van der Waals surface area contributed by atoms with E-state index in [9.17, 15) is 0 Å². The molecule has 0 spiro atoms. The van der Waals surface area contributed by atoms with Crippen LogP contribution < -0.4 is 5.73 Å². The van der Waals surface area contributed by atoms with Crippen molar-refractivity contribution in [3.05, 3.63) is 17.3 Å². The van der Waals surface area contributed by atoms with Crippen molar-refractivity contribution in [3.8, 4) is 0 Å². The van der Waals surface area contributed by atoms with Gasteiger partial charge >= 0.3 is 0 Å². The minimum atomic E-state index is 0.445. The lowest BCUT2D eigenvalue weighted by Gasteiger charge is -1.95. The van der Waals surface area contributed by atoms with Crippen LogP contribution in [0.3, 0.4) is 0 Å². The monoisotopic (exact) mass is 195 g/mol. The van der Waals surface area contributed by atoms with Gasteiger partial charge in [-0.25, -0.2) is 4.98 Å². The normalized spacial score (nSPS) is 12.1. The molecule has 4 heteroatoms. The Morgan fingerprint density at radius 2 is 2.21 bits per heavy atom. The second-order valence-corrected chi connectivity index (χ2v) is 3.31. The molecule has 14 heavy (non-hydrogen) atoms. The van der Waals surface area contributed by atoms with Crippen molar-refractivity contribution in [1.29, 1.82) is 0 Å². The average Bonchev–Trinajstić information content (AvgIpc) is 2.44. The van der Waals surface area contributed by atoms with Crippen molar-refractivity contribution in [1.82, 2.24) is 4.98 Å². The lowest BCUT2D eigenvalue weighted by Crippen LogP contribution is -2.11. The SMILES string of the molecule is CCCC(N)=NCc1nc(C)c(C)o1. The summed E-state index contributed by atoms with van der Waals surface area (Å²) >= 11 is 0.